The van der Waals surface area contributed by atoms with Crippen LogP contribution in [0, 0.1) is 11.7 Å². The van der Waals surface area contributed by atoms with Crippen molar-refractivity contribution in [3.63, 3.8) is 0 Å². The van der Waals surface area contributed by atoms with Crippen LogP contribution in [-0.2, 0) is 0 Å². The van der Waals surface area contributed by atoms with Crippen LogP contribution in [0.2, 0.25) is 0 Å². The van der Waals surface area contributed by atoms with Gasteiger partial charge in [-0.3, -0.25) is 0 Å². The molecule has 0 aromatic heterocycles. The van der Waals surface area contributed by atoms with Crippen LogP contribution in [0.4, 0.5) is 14.9 Å². The highest BCUT2D eigenvalue weighted by molar-refractivity contribution is 5.89. The first-order chi connectivity index (χ1) is 10.8. The maximum Gasteiger partial charge on any atom is 0.319 e. The minimum Gasteiger partial charge on any atom is -0.338 e. The molecule has 2 rings (SSSR count). The first-order valence-electron chi connectivity index (χ1n) is 8.13. The lowest BCUT2D eigenvalue weighted by molar-refractivity contribution is 0.148. The number of benzene rings is 1. The van der Waals surface area contributed by atoms with Gasteiger partial charge < -0.3 is 21.3 Å². The molecule has 6 heteroatoms. The lowest BCUT2D eigenvalue weighted by atomic mass is 9.96. The smallest absolute Gasteiger partial charge is 0.319 e. The number of piperidine rings is 1. The van der Waals surface area contributed by atoms with Crippen LogP contribution < -0.4 is 16.4 Å². The van der Waals surface area contributed by atoms with E-state index in [2.05, 4.69) is 15.5 Å². The van der Waals surface area contributed by atoms with Crippen molar-refractivity contribution in [2.45, 2.75) is 32.2 Å². The Kier molecular flexibility index (Phi) is 5.96. The number of hydrogen-bond acceptors (Lipinski definition) is 3. The monoisotopic (exact) mass is 322 g/mol. The van der Waals surface area contributed by atoms with E-state index in [1.807, 2.05) is 13.8 Å². The van der Waals surface area contributed by atoms with Crippen LogP contribution in [0.1, 0.15) is 26.7 Å². The Morgan fingerprint density at radius 1 is 1.48 bits per heavy atom. The van der Waals surface area contributed by atoms with Crippen molar-refractivity contribution in [3.05, 3.63) is 30.1 Å². The Morgan fingerprint density at radius 3 is 2.96 bits per heavy atom. The van der Waals surface area contributed by atoms with Crippen molar-refractivity contribution >= 4 is 11.7 Å². The number of nitrogens with zero attached hydrogens (tertiary/aromatic N) is 1. The lowest BCUT2D eigenvalue weighted by Crippen LogP contribution is -2.50. The molecule has 1 heterocycles. The molecule has 0 bridgehead atoms. The molecule has 5 nitrogen and oxygen atoms in total. The molecule has 0 saturated carbocycles. The number of carbonyl (C=O) groups excluding carboxylic acids is 1. The lowest BCUT2D eigenvalue weighted by Gasteiger charge is -2.36. The average Bonchev–Trinajstić information content (AvgIpc) is 2.44. The minimum atomic E-state index is -0.366. The largest absolute Gasteiger partial charge is 0.338 e. The molecule has 1 fully saturated rings. The number of likely N-dealkylation sites (tertiary alicyclic amines) is 1. The van der Waals surface area contributed by atoms with E-state index in [4.69, 9.17) is 5.73 Å². The molecule has 1 aromatic rings. The van der Waals surface area contributed by atoms with E-state index in [1.54, 1.807) is 12.1 Å². The fraction of sp³-hybridized carbons (Fsp3) is 0.588. The van der Waals surface area contributed by atoms with Crippen molar-refractivity contribution < 1.29 is 9.18 Å². The fourth-order valence-corrected chi connectivity index (χ4v) is 3.02. The summed E-state index contributed by atoms with van der Waals surface area (Å²) < 4.78 is 13.1. The number of nitrogens with two attached hydrogens (primary N) is 1. The van der Waals surface area contributed by atoms with Gasteiger partial charge in [0, 0.05) is 30.9 Å². The summed E-state index contributed by atoms with van der Waals surface area (Å²) in [5, 5.41) is 5.52. The molecular formula is C17H27FN4O. The molecule has 0 radical (unpaired) electrons. The van der Waals surface area contributed by atoms with Crippen molar-refractivity contribution in [2.75, 3.05) is 31.5 Å². The fourth-order valence-electron chi connectivity index (χ4n) is 3.02. The summed E-state index contributed by atoms with van der Waals surface area (Å²) >= 11 is 0. The minimum absolute atomic E-state index is 0.204. The Labute approximate surface area is 137 Å². The van der Waals surface area contributed by atoms with E-state index < -0.39 is 0 Å². The molecule has 1 atom stereocenters. The molecule has 1 aromatic carbocycles. The number of urea groups is 1. The molecule has 23 heavy (non-hydrogen) atoms. The second-order valence-corrected chi connectivity index (χ2v) is 7.08. The van der Waals surface area contributed by atoms with Crippen LogP contribution in [0.3, 0.4) is 0 Å². The molecule has 128 valence electrons. The summed E-state index contributed by atoms with van der Waals surface area (Å²) in [5.41, 5.74) is 6.33. The van der Waals surface area contributed by atoms with Crippen LogP contribution >= 0.6 is 0 Å². The van der Waals surface area contributed by atoms with Crippen LogP contribution in [-0.4, -0.2) is 42.6 Å². The molecule has 1 unspecified atom stereocenters. The summed E-state index contributed by atoms with van der Waals surface area (Å²) in [6.07, 6.45) is 2.22. The first kappa shape index (κ1) is 17.7. The van der Waals surface area contributed by atoms with Gasteiger partial charge in [0.05, 0.1) is 0 Å². The number of halogens is 1. The molecule has 1 saturated heterocycles. The van der Waals surface area contributed by atoms with Crippen molar-refractivity contribution in [1.29, 1.82) is 0 Å². The number of amides is 2. The Hall–Kier alpha value is -1.66. The average molecular weight is 322 g/mol. The maximum absolute atomic E-state index is 13.1. The van der Waals surface area contributed by atoms with Gasteiger partial charge >= 0.3 is 6.03 Å². The molecule has 2 amide bonds. The van der Waals surface area contributed by atoms with Gasteiger partial charge in [-0.25, -0.2) is 9.18 Å². The Balaban J connectivity index is 1.75. The molecule has 0 aliphatic carbocycles. The van der Waals surface area contributed by atoms with Gasteiger partial charge in [0.1, 0.15) is 5.82 Å². The zero-order valence-corrected chi connectivity index (χ0v) is 13.9. The number of hydrogen-bond donors (Lipinski definition) is 3. The zero-order chi connectivity index (χ0) is 16.9. The van der Waals surface area contributed by atoms with Gasteiger partial charge in [0.15, 0.2) is 0 Å². The number of anilines is 1. The summed E-state index contributed by atoms with van der Waals surface area (Å²) in [4.78, 5) is 14.3. The molecule has 0 spiro atoms. The van der Waals surface area contributed by atoms with Crippen molar-refractivity contribution in [2.24, 2.45) is 11.7 Å². The van der Waals surface area contributed by atoms with E-state index in [1.165, 1.54) is 12.1 Å². The van der Waals surface area contributed by atoms with E-state index in [9.17, 15) is 9.18 Å². The highest BCUT2D eigenvalue weighted by Gasteiger charge is 2.24. The quantitative estimate of drug-likeness (QED) is 0.779. The third kappa shape index (κ3) is 6.54. The Bertz CT molecular complexity index is 530. The normalized spacial score (nSPS) is 19.4. The number of carbonyl (C=O) groups is 1. The Morgan fingerprint density at radius 2 is 2.26 bits per heavy atom. The van der Waals surface area contributed by atoms with Crippen molar-refractivity contribution in [1.82, 2.24) is 10.2 Å². The van der Waals surface area contributed by atoms with Crippen LogP contribution in [0.25, 0.3) is 0 Å². The van der Waals surface area contributed by atoms with Gasteiger partial charge in [-0.05, 0) is 57.4 Å². The van der Waals surface area contributed by atoms with Gasteiger partial charge in [0.25, 0.3) is 0 Å². The van der Waals surface area contributed by atoms with Gasteiger partial charge in [-0.15, -0.1) is 0 Å². The van der Waals surface area contributed by atoms with Crippen LogP contribution in [0.5, 0.6) is 0 Å². The topological polar surface area (TPSA) is 70.4 Å². The van der Waals surface area contributed by atoms with E-state index in [0.29, 0.717) is 18.2 Å². The van der Waals surface area contributed by atoms with E-state index >= 15 is 0 Å². The standard InChI is InChI=1S/C17H27FN4O/c1-17(2,19)12-22-8-4-5-13(11-22)10-20-16(23)21-15-7-3-6-14(18)9-15/h3,6-7,9,13H,4-5,8,10-12,19H2,1-2H3,(H2,20,21,23). The maximum atomic E-state index is 13.1. The summed E-state index contributed by atoms with van der Waals surface area (Å²) in [6, 6.07) is 5.57. The molecule has 1 aliphatic rings. The second-order valence-electron chi connectivity index (χ2n) is 7.08. The second kappa shape index (κ2) is 7.75. The van der Waals surface area contributed by atoms with Gasteiger partial charge in [-0.2, -0.15) is 0 Å². The van der Waals surface area contributed by atoms with E-state index in [-0.39, 0.29) is 17.4 Å². The summed E-state index contributed by atoms with van der Waals surface area (Å²) in [6.45, 7) is 7.54. The molecule has 4 N–H and O–H groups in total. The number of rotatable bonds is 5. The summed E-state index contributed by atoms with van der Waals surface area (Å²) in [7, 11) is 0. The molecule has 1 aliphatic heterocycles. The van der Waals surface area contributed by atoms with Crippen LogP contribution in [0.15, 0.2) is 24.3 Å². The third-order valence-corrected chi connectivity index (χ3v) is 3.87. The van der Waals surface area contributed by atoms with Crippen molar-refractivity contribution in [3.8, 4) is 0 Å². The highest BCUT2D eigenvalue weighted by atomic mass is 19.1. The van der Waals surface area contributed by atoms with Gasteiger partial charge in [-0.1, -0.05) is 6.07 Å². The zero-order valence-electron chi connectivity index (χ0n) is 13.9. The van der Waals surface area contributed by atoms with E-state index in [0.717, 1.165) is 32.5 Å². The highest BCUT2D eigenvalue weighted by Crippen LogP contribution is 2.17. The molecular weight excluding hydrogens is 295 g/mol. The first-order valence-corrected chi connectivity index (χ1v) is 8.13. The summed E-state index contributed by atoms with van der Waals surface area (Å²) in [5.74, 6) is 0.0551. The SMILES string of the molecule is CC(C)(N)CN1CCCC(CNC(=O)Nc2cccc(F)c2)C1. The van der Waals surface area contributed by atoms with Gasteiger partial charge in [0.2, 0.25) is 0 Å². The predicted octanol–water partition coefficient (Wildman–Crippen LogP) is 2.40. The predicted molar refractivity (Wildman–Crippen MR) is 90.9 cm³/mol. The number of nitrogens with one attached hydrogen (secondary N) is 2. The third-order valence-electron chi connectivity index (χ3n) is 3.87.